The monoisotopic (exact) mass is 574 g/mol. The Balaban J connectivity index is 1.43. The van der Waals surface area contributed by atoms with E-state index in [0.717, 1.165) is 58.7 Å². The number of carbonyl (C=O) groups is 2. The van der Waals surface area contributed by atoms with E-state index in [1.807, 2.05) is 30.5 Å². The number of thioether (sulfide) groups is 1. The van der Waals surface area contributed by atoms with Gasteiger partial charge in [0.1, 0.15) is 17.4 Å². The Morgan fingerprint density at radius 2 is 1.95 bits per heavy atom. The fraction of sp³-hybridized carbons (Fsp3) is 0.407. The molecule has 0 radical (unpaired) electrons. The number of nitrogens with one attached hydrogen (secondary N) is 1. The van der Waals surface area contributed by atoms with Crippen LogP contribution in [0.4, 0.5) is 5.00 Å². The van der Waals surface area contributed by atoms with Gasteiger partial charge in [-0.3, -0.25) is 9.36 Å². The molecule has 3 aromatic rings. The largest absolute Gasteiger partial charge is 0.486 e. The number of anilines is 1. The van der Waals surface area contributed by atoms with Gasteiger partial charge in [-0.25, -0.2) is 4.79 Å². The zero-order valence-electron chi connectivity index (χ0n) is 21.8. The summed E-state index contributed by atoms with van der Waals surface area (Å²) in [5, 5.41) is 13.4. The van der Waals surface area contributed by atoms with Gasteiger partial charge in [0.05, 0.1) is 18.4 Å². The van der Waals surface area contributed by atoms with Gasteiger partial charge in [-0.2, -0.15) is 0 Å². The Morgan fingerprint density at radius 3 is 2.66 bits per heavy atom. The number of hydrogen-bond acceptors (Lipinski definition) is 8. The van der Waals surface area contributed by atoms with E-state index in [1.165, 1.54) is 30.2 Å². The fourth-order valence-corrected chi connectivity index (χ4v) is 6.59. The number of methoxy groups -OCH3 is 1. The van der Waals surface area contributed by atoms with E-state index >= 15 is 0 Å². The molecule has 1 amide bonds. The first kappa shape index (κ1) is 28.2. The summed E-state index contributed by atoms with van der Waals surface area (Å²) in [5.41, 5.74) is 3.39. The third-order valence-electron chi connectivity index (χ3n) is 6.28. The summed E-state index contributed by atoms with van der Waals surface area (Å²) < 4.78 is 12.9. The van der Waals surface area contributed by atoms with Crippen molar-refractivity contribution < 1.29 is 19.1 Å². The Bertz CT molecular complexity index is 1330. The average molecular weight is 575 g/mol. The van der Waals surface area contributed by atoms with Crippen LogP contribution >= 0.6 is 34.7 Å². The molecule has 0 saturated heterocycles. The van der Waals surface area contributed by atoms with Crippen LogP contribution in [0.1, 0.15) is 57.0 Å². The molecular formula is C27H31ClN4O4S2. The van der Waals surface area contributed by atoms with Crippen LogP contribution in [-0.4, -0.2) is 39.5 Å². The summed E-state index contributed by atoms with van der Waals surface area (Å²) in [6.45, 7) is 8.37. The van der Waals surface area contributed by atoms with Crippen LogP contribution in [-0.2, 0) is 35.5 Å². The number of allylic oxidation sites excluding steroid dienone is 1. The molecule has 1 N–H and O–H groups in total. The van der Waals surface area contributed by atoms with Crippen LogP contribution in [0.15, 0.2) is 29.9 Å². The molecule has 202 valence electrons. The van der Waals surface area contributed by atoms with Gasteiger partial charge in [-0.15, -0.1) is 28.1 Å². The highest BCUT2D eigenvalue weighted by molar-refractivity contribution is 7.99. The number of ether oxygens (including phenoxy) is 2. The molecule has 0 unspecified atom stereocenters. The van der Waals surface area contributed by atoms with Gasteiger partial charge < -0.3 is 14.8 Å². The number of amides is 1. The van der Waals surface area contributed by atoms with E-state index in [-0.39, 0.29) is 18.3 Å². The third-order valence-corrected chi connectivity index (χ3v) is 9.05. The highest BCUT2D eigenvalue weighted by Gasteiger charge is 2.26. The normalized spacial score (nSPS) is 12.9. The molecule has 0 aliphatic heterocycles. The predicted octanol–water partition coefficient (Wildman–Crippen LogP) is 6.16. The summed E-state index contributed by atoms with van der Waals surface area (Å²) in [5.74, 6) is 0.785. The molecular weight excluding hydrogens is 544 g/mol. The number of thiophene rings is 1. The van der Waals surface area contributed by atoms with E-state index in [9.17, 15) is 9.59 Å². The van der Waals surface area contributed by atoms with Crippen molar-refractivity contribution in [1.82, 2.24) is 14.8 Å². The molecule has 2 aromatic heterocycles. The molecule has 1 aliphatic carbocycles. The van der Waals surface area contributed by atoms with E-state index in [4.69, 9.17) is 21.1 Å². The second kappa shape index (κ2) is 12.8. The maximum atomic E-state index is 12.9. The number of aromatic nitrogens is 3. The smallest absolute Gasteiger partial charge is 0.341 e. The highest BCUT2D eigenvalue weighted by Crippen LogP contribution is 2.38. The molecule has 0 fully saturated rings. The van der Waals surface area contributed by atoms with Crippen molar-refractivity contribution in [3.63, 3.8) is 0 Å². The Kier molecular flexibility index (Phi) is 9.51. The van der Waals surface area contributed by atoms with Crippen molar-refractivity contribution in [3.8, 4) is 5.75 Å². The molecule has 1 aromatic carbocycles. The van der Waals surface area contributed by atoms with Crippen LogP contribution in [0.2, 0.25) is 5.02 Å². The number of aryl methyl sites for hydroxylation is 3. The molecule has 0 bridgehead atoms. The number of rotatable bonds is 10. The lowest BCUT2D eigenvalue weighted by Crippen LogP contribution is -2.17. The van der Waals surface area contributed by atoms with Crippen molar-refractivity contribution in [2.24, 2.45) is 0 Å². The Morgan fingerprint density at radius 1 is 1.21 bits per heavy atom. The van der Waals surface area contributed by atoms with Gasteiger partial charge in [-0.05, 0) is 68.4 Å². The first-order valence-electron chi connectivity index (χ1n) is 12.4. The van der Waals surface area contributed by atoms with Crippen LogP contribution in [0.3, 0.4) is 0 Å². The summed E-state index contributed by atoms with van der Waals surface area (Å²) in [4.78, 5) is 26.6. The molecule has 8 nitrogen and oxygen atoms in total. The fourth-order valence-electron chi connectivity index (χ4n) is 4.42. The third kappa shape index (κ3) is 6.42. The van der Waals surface area contributed by atoms with Crippen LogP contribution in [0, 0.1) is 13.8 Å². The van der Waals surface area contributed by atoms with Crippen molar-refractivity contribution >= 4 is 51.6 Å². The second-order valence-electron chi connectivity index (χ2n) is 9.05. The number of benzene rings is 1. The molecule has 1 aliphatic rings. The van der Waals surface area contributed by atoms with Gasteiger partial charge in [-0.1, -0.05) is 35.9 Å². The lowest BCUT2D eigenvalue weighted by molar-refractivity contribution is -0.113. The summed E-state index contributed by atoms with van der Waals surface area (Å²) in [6, 6.07) is 3.77. The maximum absolute atomic E-state index is 12.9. The minimum atomic E-state index is -0.409. The van der Waals surface area contributed by atoms with E-state index in [2.05, 4.69) is 22.1 Å². The highest BCUT2D eigenvalue weighted by atomic mass is 35.5. The molecule has 38 heavy (non-hydrogen) atoms. The SMILES string of the molecule is C=CCn1c(COc2cc(C)c(Cl)c(C)c2)nnc1SCC(=O)Nc1sc2c(c1C(=O)OC)CCCCC2. The zero-order valence-corrected chi connectivity index (χ0v) is 24.2. The standard InChI is InChI=1S/C27H31ClN4O4S2/c1-5-11-32-21(14-36-18-12-16(2)24(28)17(3)13-18)30-31-27(32)37-15-22(33)29-25-23(26(34)35-4)19-9-7-6-8-10-20(19)38-25/h5,12-13H,1,6-11,14-15H2,2-4H3,(H,29,33). The molecule has 0 spiro atoms. The lowest BCUT2D eigenvalue weighted by Gasteiger charge is -2.11. The lowest BCUT2D eigenvalue weighted by atomic mass is 10.1. The minimum Gasteiger partial charge on any atom is -0.486 e. The van der Waals surface area contributed by atoms with Crippen molar-refractivity contribution in [2.75, 3.05) is 18.2 Å². The van der Waals surface area contributed by atoms with E-state index in [1.54, 1.807) is 6.08 Å². The molecule has 0 saturated carbocycles. The summed E-state index contributed by atoms with van der Waals surface area (Å²) in [6.07, 6.45) is 6.73. The zero-order chi connectivity index (χ0) is 27.2. The van der Waals surface area contributed by atoms with E-state index < -0.39 is 5.97 Å². The first-order chi connectivity index (χ1) is 18.3. The summed E-state index contributed by atoms with van der Waals surface area (Å²) >= 11 is 9.01. The molecule has 2 heterocycles. The molecule has 4 rings (SSSR count). The van der Waals surface area contributed by atoms with Crippen LogP contribution in [0.5, 0.6) is 5.75 Å². The van der Waals surface area contributed by atoms with Gasteiger partial charge in [0.2, 0.25) is 5.91 Å². The quantitative estimate of drug-likeness (QED) is 0.134. The molecule has 0 atom stereocenters. The first-order valence-corrected chi connectivity index (χ1v) is 14.6. The van der Waals surface area contributed by atoms with Gasteiger partial charge in [0, 0.05) is 16.4 Å². The Labute approximate surface area is 235 Å². The topological polar surface area (TPSA) is 95.3 Å². The predicted molar refractivity (Wildman–Crippen MR) is 152 cm³/mol. The molecule has 11 heteroatoms. The number of hydrogen-bond donors (Lipinski definition) is 1. The minimum absolute atomic E-state index is 0.106. The van der Waals surface area contributed by atoms with E-state index in [0.29, 0.717) is 33.8 Å². The second-order valence-corrected chi connectivity index (χ2v) is 11.5. The van der Waals surface area contributed by atoms with Crippen LogP contribution < -0.4 is 10.1 Å². The van der Waals surface area contributed by atoms with Crippen molar-refractivity contribution in [1.29, 1.82) is 0 Å². The average Bonchev–Trinajstić information content (AvgIpc) is 3.35. The number of nitrogens with zero attached hydrogens (tertiary/aromatic N) is 3. The van der Waals surface area contributed by atoms with Crippen molar-refractivity contribution in [2.45, 2.75) is 64.3 Å². The Hall–Kier alpha value is -2.82. The number of halogens is 1. The summed E-state index contributed by atoms with van der Waals surface area (Å²) in [7, 11) is 1.37. The van der Waals surface area contributed by atoms with Gasteiger partial charge >= 0.3 is 5.97 Å². The van der Waals surface area contributed by atoms with Crippen molar-refractivity contribution in [3.05, 3.63) is 62.8 Å². The maximum Gasteiger partial charge on any atom is 0.341 e. The number of esters is 1. The van der Waals surface area contributed by atoms with Gasteiger partial charge in [0.25, 0.3) is 0 Å². The number of fused-ring (bicyclic) bond motifs is 1. The number of carbonyl (C=O) groups excluding carboxylic acids is 2. The van der Waals surface area contributed by atoms with Crippen LogP contribution in [0.25, 0.3) is 0 Å². The van der Waals surface area contributed by atoms with Gasteiger partial charge in [0.15, 0.2) is 11.0 Å².